The highest BCUT2D eigenvalue weighted by Crippen LogP contribution is 2.25. The van der Waals surface area contributed by atoms with E-state index in [0.717, 1.165) is 18.4 Å². The maximum atomic E-state index is 11.8. The van der Waals surface area contributed by atoms with Gasteiger partial charge in [-0.25, -0.2) is 0 Å². The quantitative estimate of drug-likeness (QED) is 0.732. The van der Waals surface area contributed by atoms with Crippen molar-refractivity contribution in [2.24, 2.45) is 0 Å². The first-order chi connectivity index (χ1) is 7.69. The third-order valence-corrected chi connectivity index (χ3v) is 2.63. The Labute approximate surface area is 102 Å². The molecular formula is C13H17ClO2. The average Bonchev–Trinajstić information content (AvgIpc) is 2.26. The van der Waals surface area contributed by atoms with E-state index < -0.39 is 0 Å². The maximum absolute atomic E-state index is 11.8. The summed E-state index contributed by atoms with van der Waals surface area (Å²) in [5, 5.41) is 0.655. The second-order valence-corrected chi connectivity index (χ2v) is 4.08. The van der Waals surface area contributed by atoms with Gasteiger partial charge in [0.05, 0.1) is 12.5 Å². The second kappa shape index (κ2) is 6.54. The van der Waals surface area contributed by atoms with E-state index >= 15 is 0 Å². The summed E-state index contributed by atoms with van der Waals surface area (Å²) in [6, 6.07) is 7.42. The van der Waals surface area contributed by atoms with Crippen LogP contribution >= 0.6 is 11.6 Å². The highest BCUT2D eigenvalue weighted by molar-refractivity contribution is 6.30. The number of halogens is 1. The normalized spacial score (nSPS) is 12.2. The summed E-state index contributed by atoms with van der Waals surface area (Å²) in [6.45, 7) is 4.29. The molecule has 0 spiro atoms. The molecule has 3 heteroatoms. The Hall–Kier alpha value is -1.02. The van der Waals surface area contributed by atoms with Gasteiger partial charge in [0, 0.05) is 5.02 Å². The van der Waals surface area contributed by atoms with Crippen LogP contribution in [0.1, 0.15) is 38.2 Å². The monoisotopic (exact) mass is 240 g/mol. The van der Waals surface area contributed by atoms with Gasteiger partial charge in [-0.05, 0) is 31.0 Å². The Morgan fingerprint density at radius 3 is 2.75 bits per heavy atom. The van der Waals surface area contributed by atoms with Crippen molar-refractivity contribution in [3.05, 3.63) is 34.9 Å². The molecule has 0 amide bonds. The van der Waals surface area contributed by atoms with Gasteiger partial charge >= 0.3 is 5.97 Å². The summed E-state index contributed by atoms with van der Waals surface area (Å²) in [6.07, 6.45) is 1.73. The molecule has 0 fully saturated rings. The fraction of sp³-hybridized carbons (Fsp3) is 0.462. The van der Waals surface area contributed by atoms with Crippen LogP contribution in [0.2, 0.25) is 5.02 Å². The highest BCUT2D eigenvalue weighted by atomic mass is 35.5. The van der Waals surface area contributed by atoms with Crippen LogP contribution in [-0.4, -0.2) is 12.6 Å². The van der Waals surface area contributed by atoms with Crippen LogP contribution in [0.5, 0.6) is 0 Å². The van der Waals surface area contributed by atoms with Gasteiger partial charge in [-0.3, -0.25) is 4.79 Å². The van der Waals surface area contributed by atoms with Gasteiger partial charge < -0.3 is 4.74 Å². The Morgan fingerprint density at radius 1 is 1.44 bits per heavy atom. The SMILES string of the molecule is CCCC(C(=O)OCC)c1cccc(Cl)c1. The lowest BCUT2D eigenvalue weighted by Gasteiger charge is -2.15. The number of rotatable bonds is 5. The number of esters is 1. The summed E-state index contributed by atoms with van der Waals surface area (Å²) in [7, 11) is 0. The molecular weight excluding hydrogens is 224 g/mol. The number of hydrogen-bond donors (Lipinski definition) is 0. The molecule has 1 aromatic rings. The molecule has 1 rings (SSSR count). The molecule has 1 atom stereocenters. The van der Waals surface area contributed by atoms with Gasteiger partial charge in [0.25, 0.3) is 0 Å². The zero-order chi connectivity index (χ0) is 12.0. The summed E-state index contributed by atoms with van der Waals surface area (Å²) in [4.78, 5) is 11.8. The van der Waals surface area contributed by atoms with Crippen molar-refractivity contribution in [2.75, 3.05) is 6.61 Å². The first-order valence-electron chi connectivity index (χ1n) is 5.61. The predicted octanol–water partition coefficient (Wildman–Crippen LogP) is 3.79. The van der Waals surface area contributed by atoms with Crippen LogP contribution in [0, 0.1) is 0 Å². The number of benzene rings is 1. The van der Waals surface area contributed by atoms with Crippen LogP contribution in [-0.2, 0) is 9.53 Å². The molecule has 1 unspecified atom stereocenters. The number of carbonyl (C=O) groups is 1. The fourth-order valence-corrected chi connectivity index (χ4v) is 1.87. The predicted molar refractivity (Wildman–Crippen MR) is 65.7 cm³/mol. The van der Waals surface area contributed by atoms with E-state index in [0.29, 0.717) is 11.6 Å². The molecule has 0 N–H and O–H groups in total. The van der Waals surface area contributed by atoms with Crippen LogP contribution in [0.4, 0.5) is 0 Å². The minimum atomic E-state index is -0.191. The zero-order valence-electron chi connectivity index (χ0n) is 9.70. The van der Waals surface area contributed by atoms with Crippen molar-refractivity contribution in [2.45, 2.75) is 32.6 Å². The molecule has 1 aromatic carbocycles. The van der Waals surface area contributed by atoms with Gasteiger partial charge in [-0.1, -0.05) is 37.1 Å². The van der Waals surface area contributed by atoms with E-state index in [1.54, 1.807) is 6.07 Å². The molecule has 88 valence electrons. The minimum absolute atomic E-state index is 0.161. The van der Waals surface area contributed by atoms with Crippen LogP contribution in [0.25, 0.3) is 0 Å². The Balaban J connectivity index is 2.88. The molecule has 0 aliphatic rings. The molecule has 0 heterocycles. The summed E-state index contributed by atoms with van der Waals surface area (Å²) < 4.78 is 5.07. The molecule has 0 aliphatic heterocycles. The van der Waals surface area contributed by atoms with Crippen molar-refractivity contribution in [3.8, 4) is 0 Å². The second-order valence-electron chi connectivity index (χ2n) is 3.65. The Bertz CT molecular complexity index is 350. The molecule has 0 aromatic heterocycles. The molecule has 0 saturated heterocycles. The lowest BCUT2D eigenvalue weighted by molar-refractivity contribution is -0.145. The van der Waals surface area contributed by atoms with Crippen LogP contribution in [0.15, 0.2) is 24.3 Å². The van der Waals surface area contributed by atoms with Crippen molar-refractivity contribution >= 4 is 17.6 Å². The Kier molecular flexibility index (Phi) is 5.33. The van der Waals surface area contributed by atoms with Gasteiger partial charge in [0.15, 0.2) is 0 Å². The van der Waals surface area contributed by atoms with Crippen molar-refractivity contribution < 1.29 is 9.53 Å². The van der Waals surface area contributed by atoms with E-state index in [-0.39, 0.29) is 11.9 Å². The fourth-order valence-electron chi connectivity index (χ4n) is 1.68. The molecule has 0 bridgehead atoms. The largest absolute Gasteiger partial charge is 0.466 e. The standard InChI is InChI=1S/C13H17ClO2/c1-3-6-12(13(15)16-4-2)10-7-5-8-11(14)9-10/h5,7-9,12H,3-4,6H2,1-2H3. The lowest BCUT2D eigenvalue weighted by atomic mass is 9.95. The van der Waals surface area contributed by atoms with Gasteiger partial charge in [0.2, 0.25) is 0 Å². The number of carbonyl (C=O) groups excluding carboxylic acids is 1. The Morgan fingerprint density at radius 2 is 2.19 bits per heavy atom. The lowest BCUT2D eigenvalue weighted by Crippen LogP contribution is -2.15. The van der Waals surface area contributed by atoms with Crippen LogP contribution < -0.4 is 0 Å². The number of hydrogen-bond acceptors (Lipinski definition) is 2. The summed E-state index contributed by atoms with van der Waals surface area (Å²) in [5.41, 5.74) is 0.938. The van der Waals surface area contributed by atoms with Crippen molar-refractivity contribution in [3.63, 3.8) is 0 Å². The van der Waals surface area contributed by atoms with Gasteiger partial charge in [-0.15, -0.1) is 0 Å². The molecule has 0 aliphatic carbocycles. The van der Waals surface area contributed by atoms with E-state index in [1.807, 2.05) is 25.1 Å². The van der Waals surface area contributed by atoms with E-state index in [4.69, 9.17) is 16.3 Å². The molecule has 2 nitrogen and oxygen atoms in total. The third-order valence-electron chi connectivity index (χ3n) is 2.40. The van der Waals surface area contributed by atoms with Crippen molar-refractivity contribution in [1.82, 2.24) is 0 Å². The first-order valence-corrected chi connectivity index (χ1v) is 5.99. The van der Waals surface area contributed by atoms with Crippen molar-refractivity contribution in [1.29, 1.82) is 0 Å². The van der Waals surface area contributed by atoms with Gasteiger partial charge in [-0.2, -0.15) is 0 Å². The molecule has 16 heavy (non-hydrogen) atoms. The third kappa shape index (κ3) is 3.53. The van der Waals surface area contributed by atoms with E-state index in [1.165, 1.54) is 0 Å². The minimum Gasteiger partial charge on any atom is -0.466 e. The molecule has 0 radical (unpaired) electrons. The van der Waals surface area contributed by atoms with E-state index in [2.05, 4.69) is 6.92 Å². The highest BCUT2D eigenvalue weighted by Gasteiger charge is 2.20. The smallest absolute Gasteiger partial charge is 0.313 e. The number of ether oxygens (including phenoxy) is 1. The van der Waals surface area contributed by atoms with Gasteiger partial charge in [0.1, 0.15) is 0 Å². The topological polar surface area (TPSA) is 26.3 Å². The molecule has 0 saturated carbocycles. The average molecular weight is 241 g/mol. The van der Waals surface area contributed by atoms with E-state index in [9.17, 15) is 4.79 Å². The first kappa shape index (κ1) is 13.0. The summed E-state index contributed by atoms with van der Waals surface area (Å²) >= 11 is 5.92. The zero-order valence-corrected chi connectivity index (χ0v) is 10.5. The summed E-state index contributed by atoms with van der Waals surface area (Å²) in [5.74, 6) is -0.352. The van der Waals surface area contributed by atoms with Crippen LogP contribution in [0.3, 0.4) is 0 Å². The maximum Gasteiger partial charge on any atom is 0.313 e.